The third kappa shape index (κ3) is 3.61. The van der Waals surface area contributed by atoms with Gasteiger partial charge in [0, 0.05) is 6.54 Å². The number of anilines is 2. The third-order valence-electron chi connectivity index (χ3n) is 2.62. The van der Waals surface area contributed by atoms with Crippen molar-refractivity contribution in [3.8, 4) is 0 Å². The van der Waals surface area contributed by atoms with E-state index >= 15 is 0 Å². The molecule has 0 unspecified atom stereocenters. The molecule has 4 nitrogen and oxygen atoms in total. The number of hydrogen-bond acceptors (Lipinski definition) is 4. The normalized spacial score (nSPS) is 11.2. The lowest BCUT2D eigenvalue weighted by atomic mass is 10.1. The quantitative estimate of drug-likeness (QED) is 0.596. The Morgan fingerprint density at radius 3 is 2.45 bits per heavy atom. The van der Waals surface area contributed by atoms with E-state index in [0.29, 0.717) is 17.2 Å². The van der Waals surface area contributed by atoms with Crippen LogP contribution in [0.3, 0.4) is 0 Å². The minimum Gasteiger partial charge on any atom is -0.366 e. The number of nitrogen functional groups attached to an aromatic ring is 1. The number of pyridine rings is 1. The molecule has 0 saturated carbocycles. The molecule has 106 valence electrons. The average molecular weight is 282 g/mol. The van der Waals surface area contributed by atoms with Crippen LogP contribution in [0.2, 0.25) is 0 Å². The van der Waals surface area contributed by atoms with E-state index in [0.717, 1.165) is 12.1 Å². The second-order valence-corrected chi connectivity index (χ2v) is 4.10. The Morgan fingerprint density at radius 1 is 1.05 bits per heavy atom. The molecule has 1 heterocycles. The van der Waals surface area contributed by atoms with Gasteiger partial charge in [-0.25, -0.2) is 10.8 Å². The molecule has 7 heteroatoms. The SMILES string of the molecule is NNc1cccc(NCc2cccc(C(F)(F)F)c2)n1. The summed E-state index contributed by atoms with van der Waals surface area (Å²) in [6.07, 6.45) is -4.34. The van der Waals surface area contributed by atoms with Crippen molar-refractivity contribution >= 4 is 11.6 Å². The van der Waals surface area contributed by atoms with Gasteiger partial charge in [0.25, 0.3) is 0 Å². The Bertz CT molecular complexity index is 584. The fourth-order valence-corrected chi connectivity index (χ4v) is 1.66. The fraction of sp³-hybridized carbons (Fsp3) is 0.154. The number of nitrogens with zero attached hydrogens (tertiary/aromatic N) is 1. The summed E-state index contributed by atoms with van der Waals surface area (Å²) < 4.78 is 37.7. The second-order valence-electron chi connectivity index (χ2n) is 4.10. The van der Waals surface area contributed by atoms with Crippen molar-refractivity contribution < 1.29 is 13.2 Å². The lowest BCUT2D eigenvalue weighted by molar-refractivity contribution is -0.137. The maximum atomic E-state index is 12.6. The summed E-state index contributed by atoms with van der Waals surface area (Å²) in [6, 6.07) is 10.3. The molecule has 0 fully saturated rings. The predicted molar refractivity (Wildman–Crippen MR) is 70.8 cm³/mol. The van der Waals surface area contributed by atoms with Crippen LogP contribution in [0, 0.1) is 0 Å². The molecule has 0 aliphatic heterocycles. The van der Waals surface area contributed by atoms with Gasteiger partial charge in [-0.05, 0) is 29.8 Å². The highest BCUT2D eigenvalue weighted by atomic mass is 19.4. The van der Waals surface area contributed by atoms with E-state index in [4.69, 9.17) is 5.84 Å². The van der Waals surface area contributed by atoms with Gasteiger partial charge in [-0.1, -0.05) is 18.2 Å². The van der Waals surface area contributed by atoms with Crippen LogP contribution in [0.25, 0.3) is 0 Å². The standard InChI is InChI=1S/C13H13F3N4/c14-13(15,16)10-4-1-3-9(7-10)8-18-11-5-2-6-12(19-11)20-17/h1-7H,8,17H2,(H2,18,19,20). The third-order valence-corrected chi connectivity index (χ3v) is 2.62. The molecule has 2 rings (SSSR count). The second kappa shape index (κ2) is 5.79. The molecular weight excluding hydrogens is 269 g/mol. The van der Waals surface area contributed by atoms with Crippen molar-refractivity contribution in [2.24, 2.45) is 5.84 Å². The van der Waals surface area contributed by atoms with Crippen molar-refractivity contribution in [1.82, 2.24) is 4.98 Å². The summed E-state index contributed by atoms with van der Waals surface area (Å²) >= 11 is 0. The molecule has 0 atom stereocenters. The Balaban J connectivity index is 2.07. The van der Waals surface area contributed by atoms with Crippen molar-refractivity contribution in [3.05, 3.63) is 53.6 Å². The molecule has 0 aliphatic carbocycles. The first kappa shape index (κ1) is 14.1. The van der Waals surface area contributed by atoms with E-state index < -0.39 is 11.7 Å². The Labute approximate surface area is 113 Å². The van der Waals surface area contributed by atoms with E-state index in [-0.39, 0.29) is 6.54 Å². The van der Waals surface area contributed by atoms with Gasteiger partial charge in [-0.3, -0.25) is 0 Å². The zero-order valence-electron chi connectivity index (χ0n) is 10.4. The molecule has 20 heavy (non-hydrogen) atoms. The molecule has 4 N–H and O–H groups in total. The smallest absolute Gasteiger partial charge is 0.366 e. The highest BCUT2D eigenvalue weighted by Gasteiger charge is 2.30. The van der Waals surface area contributed by atoms with E-state index in [1.807, 2.05) is 0 Å². The highest BCUT2D eigenvalue weighted by molar-refractivity contribution is 5.44. The van der Waals surface area contributed by atoms with Crippen molar-refractivity contribution in [2.75, 3.05) is 10.7 Å². The minimum absolute atomic E-state index is 0.241. The van der Waals surface area contributed by atoms with Gasteiger partial charge in [-0.2, -0.15) is 13.2 Å². The van der Waals surface area contributed by atoms with Gasteiger partial charge >= 0.3 is 6.18 Å². The summed E-state index contributed by atoms with van der Waals surface area (Å²) in [5, 5.41) is 2.94. The Kier molecular flexibility index (Phi) is 4.09. The van der Waals surface area contributed by atoms with Crippen LogP contribution in [0.5, 0.6) is 0 Å². The number of aromatic nitrogens is 1. The van der Waals surface area contributed by atoms with Crippen molar-refractivity contribution in [3.63, 3.8) is 0 Å². The van der Waals surface area contributed by atoms with Crippen LogP contribution >= 0.6 is 0 Å². The Hall–Kier alpha value is -2.28. The van der Waals surface area contributed by atoms with Crippen LogP contribution in [0.1, 0.15) is 11.1 Å². The molecule has 2 aromatic rings. The van der Waals surface area contributed by atoms with Gasteiger partial charge in [0.1, 0.15) is 11.6 Å². The van der Waals surface area contributed by atoms with Crippen LogP contribution in [-0.4, -0.2) is 4.98 Å². The summed E-state index contributed by atoms with van der Waals surface area (Å²) in [7, 11) is 0. The number of hydrogen-bond donors (Lipinski definition) is 3. The monoisotopic (exact) mass is 282 g/mol. The van der Waals surface area contributed by atoms with Crippen molar-refractivity contribution in [1.29, 1.82) is 0 Å². The number of nitrogens with one attached hydrogen (secondary N) is 2. The number of hydrazine groups is 1. The first-order chi connectivity index (χ1) is 9.49. The van der Waals surface area contributed by atoms with Gasteiger partial charge in [0.05, 0.1) is 5.56 Å². The summed E-state index contributed by atoms with van der Waals surface area (Å²) in [5.41, 5.74) is 2.25. The molecule has 0 saturated heterocycles. The number of alkyl halides is 3. The van der Waals surface area contributed by atoms with Crippen molar-refractivity contribution in [2.45, 2.75) is 12.7 Å². The van der Waals surface area contributed by atoms with Gasteiger partial charge in [0.15, 0.2) is 0 Å². The average Bonchev–Trinajstić information content (AvgIpc) is 2.45. The van der Waals surface area contributed by atoms with E-state index in [2.05, 4.69) is 15.7 Å². The maximum absolute atomic E-state index is 12.6. The van der Waals surface area contributed by atoms with Crippen LogP contribution in [0.4, 0.5) is 24.8 Å². The zero-order valence-corrected chi connectivity index (χ0v) is 10.4. The number of halogens is 3. The first-order valence-electron chi connectivity index (χ1n) is 5.83. The molecule has 0 spiro atoms. The highest BCUT2D eigenvalue weighted by Crippen LogP contribution is 2.29. The molecular formula is C13H13F3N4. The Morgan fingerprint density at radius 2 is 1.75 bits per heavy atom. The lowest BCUT2D eigenvalue weighted by Gasteiger charge is -2.10. The predicted octanol–water partition coefficient (Wildman–Crippen LogP) is 3.00. The summed E-state index contributed by atoms with van der Waals surface area (Å²) in [6.45, 7) is 0.241. The number of rotatable bonds is 4. The van der Waals surface area contributed by atoms with Crippen LogP contribution in [-0.2, 0) is 12.7 Å². The van der Waals surface area contributed by atoms with Gasteiger partial charge in [0.2, 0.25) is 0 Å². The van der Waals surface area contributed by atoms with Crippen LogP contribution < -0.4 is 16.6 Å². The summed E-state index contributed by atoms with van der Waals surface area (Å²) in [4.78, 5) is 4.11. The maximum Gasteiger partial charge on any atom is 0.416 e. The molecule has 0 amide bonds. The van der Waals surface area contributed by atoms with E-state index in [9.17, 15) is 13.2 Å². The molecule has 1 aromatic heterocycles. The zero-order chi connectivity index (χ0) is 14.6. The molecule has 0 bridgehead atoms. The molecule has 1 aromatic carbocycles. The summed E-state index contributed by atoms with van der Waals surface area (Å²) in [5.74, 6) is 6.23. The number of benzene rings is 1. The number of nitrogens with two attached hydrogens (primary N) is 1. The lowest BCUT2D eigenvalue weighted by Crippen LogP contribution is -2.10. The topological polar surface area (TPSA) is 63.0 Å². The largest absolute Gasteiger partial charge is 0.416 e. The van der Waals surface area contributed by atoms with E-state index in [1.54, 1.807) is 24.3 Å². The van der Waals surface area contributed by atoms with Gasteiger partial charge in [-0.15, -0.1) is 0 Å². The molecule has 0 radical (unpaired) electrons. The minimum atomic E-state index is -4.34. The molecule has 0 aliphatic rings. The van der Waals surface area contributed by atoms with Gasteiger partial charge < -0.3 is 10.7 Å². The van der Waals surface area contributed by atoms with Crippen LogP contribution in [0.15, 0.2) is 42.5 Å². The van der Waals surface area contributed by atoms with E-state index in [1.165, 1.54) is 6.07 Å². The fourth-order valence-electron chi connectivity index (χ4n) is 1.66. The first-order valence-corrected chi connectivity index (χ1v) is 5.83.